The normalized spacial score (nSPS) is 12.1. The average molecular weight is 307 g/mol. The van der Waals surface area contributed by atoms with Crippen molar-refractivity contribution in [2.45, 2.75) is 23.7 Å². The molecule has 4 nitrogen and oxygen atoms in total. The number of halogens is 1. The maximum Gasteiger partial charge on any atom is 0.305 e. The van der Waals surface area contributed by atoms with Crippen molar-refractivity contribution < 1.29 is 14.4 Å². The molecule has 0 bridgehead atoms. The lowest BCUT2D eigenvalue weighted by Crippen LogP contribution is -1.96. The predicted molar refractivity (Wildman–Crippen MR) is 79.7 cm³/mol. The number of hydrogen-bond donors (Lipinski definition) is 1. The van der Waals surface area contributed by atoms with Crippen molar-refractivity contribution in [1.82, 2.24) is 0 Å². The molecule has 0 aliphatic rings. The van der Waals surface area contributed by atoms with Crippen molar-refractivity contribution in [3.8, 4) is 0 Å². The Hall–Kier alpha value is -1.92. The number of nitro benzene ring substituents is 1. The van der Waals surface area contributed by atoms with Crippen LogP contribution < -0.4 is 0 Å². The van der Waals surface area contributed by atoms with Crippen LogP contribution in [-0.4, -0.2) is 10.0 Å². The maximum absolute atomic E-state index is 13.9. The number of thioether (sulfide) groups is 1. The second-order valence-electron chi connectivity index (χ2n) is 4.54. The monoisotopic (exact) mass is 307 g/mol. The first-order chi connectivity index (χ1) is 9.99. The standard InChI is InChI=1S/C15H14FNO3S/c1-10(18)11-4-2-6-13(8-11)21-9-12-5-3-7-14(15(12)16)17(19)20/h2-8,10,18H,9H2,1H3. The molecule has 0 amide bonds. The Balaban J connectivity index is 2.15. The van der Waals surface area contributed by atoms with Gasteiger partial charge in [0.1, 0.15) is 0 Å². The molecular weight excluding hydrogens is 293 g/mol. The van der Waals surface area contributed by atoms with Crippen LogP contribution in [0.25, 0.3) is 0 Å². The lowest BCUT2D eigenvalue weighted by molar-refractivity contribution is -0.387. The molecule has 0 saturated heterocycles. The summed E-state index contributed by atoms with van der Waals surface area (Å²) in [5.41, 5.74) is 0.557. The molecule has 1 unspecified atom stereocenters. The fourth-order valence-corrected chi connectivity index (χ4v) is 2.78. The van der Waals surface area contributed by atoms with Crippen molar-refractivity contribution in [1.29, 1.82) is 0 Å². The van der Waals surface area contributed by atoms with Crippen LogP contribution in [-0.2, 0) is 5.75 Å². The molecule has 2 aromatic carbocycles. The van der Waals surface area contributed by atoms with Gasteiger partial charge in [-0.05, 0) is 24.6 Å². The van der Waals surface area contributed by atoms with E-state index in [0.717, 1.165) is 16.5 Å². The van der Waals surface area contributed by atoms with Crippen LogP contribution in [0.3, 0.4) is 0 Å². The van der Waals surface area contributed by atoms with Gasteiger partial charge in [0.2, 0.25) is 5.82 Å². The molecule has 0 fully saturated rings. The highest BCUT2D eigenvalue weighted by molar-refractivity contribution is 7.98. The van der Waals surface area contributed by atoms with Gasteiger partial charge in [-0.25, -0.2) is 0 Å². The summed E-state index contributed by atoms with van der Waals surface area (Å²) in [6, 6.07) is 11.5. The van der Waals surface area contributed by atoms with Gasteiger partial charge < -0.3 is 5.11 Å². The molecule has 0 aromatic heterocycles. The molecule has 0 radical (unpaired) electrons. The lowest BCUT2D eigenvalue weighted by Gasteiger charge is -2.08. The number of nitrogens with zero attached hydrogens (tertiary/aromatic N) is 1. The third-order valence-electron chi connectivity index (χ3n) is 2.99. The number of benzene rings is 2. The van der Waals surface area contributed by atoms with Crippen LogP contribution >= 0.6 is 11.8 Å². The first-order valence-corrected chi connectivity index (χ1v) is 7.30. The molecular formula is C15H14FNO3S. The Morgan fingerprint density at radius 1 is 1.33 bits per heavy atom. The summed E-state index contributed by atoms with van der Waals surface area (Å²) in [6.45, 7) is 1.67. The largest absolute Gasteiger partial charge is 0.389 e. The minimum atomic E-state index is -0.790. The summed E-state index contributed by atoms with van der Waals surface area (Å²) >= 11 is 1.37. The second-order valence-corrected chi connectivity index (χ2v) is 5.59. The van der Waals surface area contributed by atoms with E-state index in [1.54, 1.807) is 6.92 Å². The third kappa shape index (κ3) is 3.80. The Morgan fingerprint density at radius 3 is 2.71 bits per heavy atom. The van der Waals surface area contributed by atoms with Gasteiger partial charge in [-0.1, -0.05) is 24.3 Å². The van der Waals surface area contributed by atoms with Crippen LogP contribution in [0.4, 0.5) is 10.1 Å². The lowest BCUT2D eigenvalue weighted by atomic mass is 10.1. The molecule has 1 atom stereocenters. The van der Waals surface area contributed by atoms with E-state index in [1.807, 2.05) is 24.3 Å². The Morgan fingerprint density at radius 2 is 2.05 bits per heavy atom. The molecule has 21 heavy (non-hydrogen) atoms. The second kappa shape index (κ2) is 6.69. The highest BCUT2D eigenvalue weighted by Gasteiger charge is 2.17. The van der Waals surface area contributed by atoms with Crippen LogP contribution in [0.5, 0.6) is 0 Å². The summed E-state index contributed by atoms with van der Waals surface area (Å²) in [4.78, 5) is 10.8. The van der Waals surface area contributed by atoms with Crippen LogP contribution in [0, 0.1) is 15.9 Å². The van der Waals surface area contributed by atoms with E-state index >= 15 is 0 Å². The summed E-state index contributed by atoms with van der Waals surface area (Å²) < 4.78 is 13.9. The van der Waals surface area contributed by atoms with Gasteiger partial charge in [-0.3, -0.25) is 10.1 Å². The summed E-state index contributed by atoms with van der Waals surface area (Å²) in [6.07, 6.45) is -0.569. The van der Waals surface area contributed by atoms with Crippen molar-refractivity contribution in [3.05, 3.63) is 69.5 Å². The SMILES string of the molecule is CC(O)c1cccc(SCc2cccc([N+](=O)[O-])c2F)c1. The Bertz CT molecular complexity index is 661. The third-order valence-corrected chi connectivity index (χ3v) is 4.03. The molecule has 110 valence electrons. The van der Waals surface area contributed by atoms with E-state index in [0.29, 0.717) is 0 Å². The van der Waals surface area contributed by atoms with E-state index in [4.69, 9.17) is 0 Å². The van der Waals surface area contributed by atoms with Gasteiger partial charge >= 0.3 is 5.69 Å². The quantitative estimate of drug-likeness (QED) is 0.513. The first-order valence-electron chi connectivity index (χ1n) is 6.31. The Labute approximate surface area is 125 Å². The minimum absolute atomic E-state index is 0.288. The van der Waals surface area contributed by atoms with Gasteiger partial charge in [-0.2, -0.15) is 4.39 Å². The van der Waals surface area contributed by atoms with Crippen LogP contribution in [0.2, 0.25) is 0 Å². The number of aliphatic hydroxyl groups is 1. The molecule has 0 saturated carbocycles. The zero-order chi connectivity index (χ0) is 15.4. The van der Waals surface area contributed by atoms with Crippen LogP contribution in [0.15, 0.2) is 47.4 Å². The molecule has 2 rings (SSSR count). The summed E-state index contributed by atoms with van der Waals surface area (Å²) in [7, 11) is 0. The minimum Gasteiger partial charge on any atom is -0.389 e. The Kier molecular flexibility index (Phi) is 4.93. The molecule has 1 N–H and O–H groups in total. The zero-order valence-corrected chi connectivity index (χ0v) is 12.1. The maximum atomic E-state index is 13.9. The van der Waals surface area contributed by atoms with E-state index in [2.05, 4.69) is 0 Å². The fourth-order valence-electron chi connectivity index (χ4n) is 1.84. The molecule has 2 aromatic rings. The van der Waals surface area contributed by atoms with Crippen molar-refractivity contribution >= 4 is 17.4 Å². The molecule has 0 aliphatic carbocycles. The van der Waals surface area contributed by atoms with Crippen molar-refractivity contribution in [2.75, 3.05) is 0 Å². The first kappa shape index (κ1) is 15.5. The fraction of sp³-hybridized carbons (Fsp3) is 0.200. The van der Waals surface area contributed by atoms with Gasteiger partial charge in [0.25, 0.3) is 0 Å². The number of hydrogen-bond acceptors (Lipinski definition) is 4. The average Bonchev–Trinajstić information content (AvgIpc) is 2.46. The highest BCUT2D eigenvalue weighted by Crippen LogP contribution is 2.29. The van der Waals surface area contributed by atoms with E-state index in [-0.39, 0.29) is 11.3 Å². The van der Waals surface area contributed by atoms with E-state index < -0.39 is 22.5 Å². The summed E-state index contributed by atoms with van der Waals surface area (Å²) in [5, 5.41) is 20.2. The van der Waals surface area contributed by atoms with Gasteiger partial charge in [0, 0.05) is 22.3 Å². The van der Waals surface area contributed by atoms with E-state index in [1.165, 1.54) is 23.9 Å². The number of nitro groups is 1. The number of aliphatic hydroxyl groups excluding tert-OH is 1. The van der Waals surface area contributed by atoms with Gasteiger partial charge in [0.05, 0.1) is 11.0 Å². The predicted octanol–water partition coefficient (Wildman–Crippen LogP) is 4.08. The zero-order valence-electron chi connectivity index (χ0n) is 11.3. The topological polar surface area (TPSA) is 63.4 Å². The van der Waals surface area contributed by atoms with Crippen molar-refractivity contribution in [3.63, 3.8) is 0 Å². The molecule has 0 heterocycles. The van der Waals surface area contributed by atoms with Gasteiger partial charge in [0.15, 0.2) is 0 Å². The molecule has 6 heteroatoms. The van der Waals surface area contributed by atoms with Gasteiger partial charge in [-0.15, -0.1) is 11.8 Å². The highest BCUT2D eigenvalue weighted by atomic mass is 32.2. The smallest absolute Gasteiger partial charge is 0.305 e. The van der Waals surface area contributed by atoms with E-state index in [9.17, 15) is 19.6 Å². The molecule has 0 aliphatic heterocycles. The summed E-state index contributed by atoms with van der Waals surface area (Å²) in [5.74, 6) is -0.502. The van der Waals surface area contributed by atoms with Crippen molar-refractivity contribution in [2.24, 2.45) is 0 Å². The van der Waals surface area contributed by atoms with Crippen LogP contribution in [0.1, 0.15) is 24.2 Å². The number of rotatable bonds is 5. The molecule has 0 spiro atoms.